The fourth-order valence-electron chi connectivity index (χ4n) is 5.77. The van der Waals surface area contributed by atoms with Gasteiger partial charge in [-0.05, 0) is 41.6 Å². The molecule has 0 bridgehead atoms. The Morgan fingerprint density at radius 3 is 2.31 bits per heavy atom. The van der Waals surface area contributed by atoms with Crippen LogP contribution < -0.4 is 5.32 Å². The molecule has 4 heteroatoms. The Balaban J connectivity index is 1.83. The first-order valence-corrected chi connectivity index (χ1v) is 10.9. The zero-order valence-corrected chi connectivity index (χ0v) is 18.3. The average Bonchev–Trinajstić information content (AvgIpc) is 3.39. The quantitative estimate of drug-likeness (QED) is 0.781. The number of hydrogen-bond acceptors (Lipinski definition) is 3. The molecule has 0 aliphatic heterocycles. The molecular weight excluding hydrogens is 358 g/mol. The summed E-state index contributed by atoms with van der Waals surface area (Å²) in [5, 5.41) is 22.5. The number of carbonyl (C=O) groups excluding carboxylic acids is 1. The van der Waals surface area contributed by atoms with Crippen molar-refractivity contribution in [3.05, 3.63) is 35.9 Å². The molecule has 0 aromatic heterocycles. The zero-order valence-electron chi connectivity index (χ0n) is 18.3. The second-order valence-corrected chi connectivity index (χ2v) is 10.1. The Hall–Kier alpha value is -2.33. The lowest BCUT2D eigenvalue weighted by molar-refractivity contribution is -0.124. The predicted molar refractivity (Wildman–Crippen MR) is 113 cm³/mol. The van der Waals surface area contributed by atoms with E-state index in [0.29, 0.717) is 11.8 Å². The maximum atomic E-state index is 13.2. The molecule has 2 fully saturated rings. The molecule has 0 heterocycles. The fraction of sp³-hybridized carbons (Fsp3) is 0.640. The van der Waals surface area contributed by atoms with E-state index in [0.717, 1.165) is 19.3 Å². The summed E-state index contributed by atoms with van der Waals surface area (Å²) in [7, 11) is 0. The van der Waals surface area contributed by atoms with Gasteiger partial charge in [0.2, 0.25) is 5.91 Å². The van der Waals surface area contributed by atoms with Gasteiger partial charge >= 0.3 is 0 Å². The van der Waals surface area contributed by atoms with E-state index in [1.165, 1.54) is 5.56 Å². The van der Waals surface area contributed by atoms with E-state index in [4.69, 9.17) is 0 Å². The van der Waals surface area contributed by atoms with Gasteiger partial charge < -0.3 is 5.32 Å². The van der Waals surface area contributed by atoms with E-state index >= 15 is 0 Å². The SMILES string of the molecule is CC(C)[C@H]1[C@H](C(=O)N[C@@H]2C[C@H](C)CC[C@H]2C(C)(C)c2ccccc2)C1(C#N)C#N. The topological polar surface area (TPSA) is 76.7 Å². The summed E-state index contributed by atoms with van der Waals surface area (Å²) in [6.07, 6.45) is 3.16. The molecule has 3 rings (SSSR count). The van der Waals surface area contributed by atoms with Crippen LogP contribution in [0, 0.1) is 57.7 Å². The lowest BCUT2D eigenvalue weighted by atomic mass is 9.63. The number of nitrogens with zero attached hydrogens (tertiary/aromatic N) is 2. The molecule has 1 N–H and O–H groups in total. The van der Waals surface area contributed by atoms with Crippen LogP contribution in [-0.2, 0) is 10.2 Å². The van der Waals surface area contributed by atoms with Crippen molar-refractivity contribution in [2.75, 3.05) is 0 Å². The third-order valence-electron chi connectivity index (χ3n) is 7.52. The van der Waals surface area contributed by atoms with Gasteiger partial charge in [0.15, 0.2) is 5.41 Å². The maximum Gasteiger partial charge on any atom is 0.226 e. The van der Waals surface area contributed by atoms with Crippen LogP contribution in [0.1, 0.15) is 59.4 Å². The summed E-state index contributed by atoms with van der Waals surface area (Å²) in [6.45, 7) is 10.8. The first kappa shape index (κ1) is 21.4. The summed E-state index contributed by atoms with van der Waals surface area (Å²) in [6, 6.07) is 14.9. The van der Waals surface area contributed by atoms with Crippen LogP contribution in [0.5, 0.6) is 0 Å². The molecule has 2 aliphatic rings. The van der Waals surface area contributed by atoms with E-state index in [2.05, 4.69) is 62.5 Å². The molecule has 154 valence electrons. The number of benzene rings is 1. The van der Waals surface area contributed by atoms with Gasteiger partial charge in [0.05, 0.1) is 18.1 Å². The molecule has 29 heavy (non-hydrogen) atoms. The third-order valence-corrected chi connectivity index (χ3v) is 7.52. The van der Waals surface area contributed by atoms with Crippen molar-refractivity contribution >= 4 is 5.91 Å². The van der Waals surface area contributed by atoms with Crippen molar-refractivity contribution in [3.63, 3.8) is 0 Å². The number of amides is 1. The van der Waals surface area contributed by atoms with Crippen LogP contribution in [-0.4, -0.2) is 11.9 Å². The highest BCUT2D eigenvalue weighted by Crippen LogP contribution is 2.61. The fourth-order valence-corrected chi connectivity index (χ4v) is 5.77. The molecule has 2 saturated carbocycles. The van der Waals surface area contributed by atoms with Crippen molar-refractivity contribution in [1.82, 2.24) is 5.32 Å². The maximum absolute atomic E-state index is 13.2. The Kier molecular flexibility index (Phi) is 5.77. The highest BCUT2D eigenvalue weighted by atomic mass is 16.2. The molecule has 1 amide bonds. The van der Waals surface area contributed by atoms with E-state index in [1.54, 1.807) is 0 Å². The summed E-state index contributed by atoms with van der Waals surface area (Å²) >= 11 is 0. The minimum atomic E-state index is -1.16. The van der Waals surface area contributed by atoms with Crippen molar-refractivity contribution in [2.24, 2.45) is 35.0 Å². The molecule has 0 radical (unpaired) electrons. The van der Waals surface area contributed by atoms with Crippen LogP contribution in [0.15, 0.2) is 30.3 Å². The van der Waals surface area contributed by atoms with E-state index in [-0.39, 0.29) is 29.2 Å². The summed E-state index contributed by atoms with van der Waals surface area (Å²) < 4.78 is 0. The van der Waals surface area contributed by atoms with E-state index < -0.39 is 11.3 Å². The molecular formula is C25H33N3O. The van der Waals surface area contributed by atoms with Crippen LogP contribution >= 0.6 is 0 Å². The highest BCUT2D eigenvalue weighted by molar-refractivity contribution is 5.85. The summed E-state index contributed by atoms with van der Waals surface area (Å²) in [4.78, 5) is 13.2. The lowest BCUT2D eigenvalue weighted by Crippen LogP contribution is -2.51. The number of carbonyl (C=O) groups is 1. The van der Waals surface area contributed by atoms with Gasteiger partial charge in [-0.3, -0.25) is 4.79 Å². The Morgan fingerprint density at radius 1 is 1.17 bits per heavy atom. The standard InChI is InChI=1S/C25H33N3O/c1-16(2)21-22(25(21,14-26)15-27)23(29)28-20-13-17(3)11-12-19(20)24(4,5)18-9-7-6-8-10-18/h6-10,16-17,19-22H,11-13H2,1-5H3,(H,28,29)/t17-,19-,20-,21+,22-/m1/s1. The first-order chi connectivity index (χ1) is 13.7. The average molecular weight is 392 g/mol. The first-order valence-electron chi connectivity index (χ1n) is 10.9. The van der Waals surface area contributed by atoms with E-state index in [1.807, 2.05) is 19.9 Å². The van der Waals surface area contributed by atoms with Crippen LogP contribution in [0.2, 0.25) is 0 Å². The van der Waals surface area contributed by atoms with Gasteiger partial charge in [0.25, 0.3) is 0 Å². The Morgan fingerprint density at radius 2 is 1.79 bits per heavy atom. The lowest BCUT2D eigenvalue weighted by Gasteiger charge is -2.45. The summed E-state index contributed by atoms with van der Waals surface area (Å²) in [5.74, 6) is 0.195. The number of nitriles is 2. The molecule has 4 nitrogen and oxygen atoms in total. The highest BCUT2D eigenvalue weighted by Gasteiger charge is 2.71. The number of nitrogens with one attached hydrogen (secondary N) is 1. The predicted octanol–water partition coefficient (Wildman–Crippen LogP) is 4.82. The van der Waals surface area contributed by atoms with Crippen LogP contribution in [0.25, 0.3) is 0 Å². The zero-order chi connectivity index (χ0) is 21.4. The number of hydrogen-bond donors (Lipinski definition) is 1. The van der Waals surface area contributed by atoms with Gasteiger partial charge in [-0.1, -0.05) is 71.4 Å². The van der Waals surface area contributed by atoms with Gasteiger partial charge in [-0.2, -0.15) is 10.5 Å². The normalized spacial score (nSPS) is 30.8. The minimum absolute atomic E-state index is 0.0601. The molecule has 1 aromatic rings. The minimum Gasteiger partial charge on any atom is -0.353 e. The molecule has 1 aromatic carbocycles. The van der Waals surface area contributed by atoms with Crippen molar-refractivity contribution in [1.29, 1.82) is 10.5 Å². The van der Waals surface area contributed by atoms with E-state index in [9.17, 15) is 15.3 Å². The summed E-state index contributed by atoms with van der Waals surface area (Å²) in [5.41, 5.74) is 0.0545. The second-order valence-electron chi connectivity index (χ2n) is 10.1. The van der Waals surface area contributed by atoms with Gasteiger partial charge in [-0.15, -0.1) is 0 Å². The third kappa shape index (κ3) is 3.66. The van der Waals surface area contributed by atoms with Crippen molar-refractivity contribution < 1.29 is 4.79 Å². The van der Waals surface area contributed by atoms with Gasteiger partial charge in [0, 0.05) is 12.0 Å². The Bertz CT molecular complexity index is 816. The van der Waals surface area contributed by atoms with Gasteiger partial charge in [-0.25, -0.2) is 0 Å². The van der Waals surface area contributed by atoms with Crippen LogP contribution in [0.4, 0.5) is 0 Å². The van der Waals surface area contributed by atoms with Gasteiger partial charge in [0.1, 0.15) is 0 Å². The molecule has 0 saturated heterocycles. The van der Waals surface area contributed by atoms with Crippen LogP contribution in [0.3, 0.4) is 0 Å². The molecule has 0 spiro atoms. The monoisotopic (exact) mass is 391 g/mol. The largest absolute Gasteiger partial charge is 0.353 e. The molecule has 2 aliphatic carbocycles. The van der Waals surface area contributed by atoms with Crippen molar-refractivity contribution in [2.45, 2.75) is 65.3 Å². The number of rotatable bonds is 5. The smallest absolute Gasteiger partial charge is 0.226 e. The molecule has 0 unspecified atom stereocenters. The second kappa shape index (κ2) is 7.83. The Labute approximate surface area is 175 Å². The van der Waals surface area contributed by atoms with Crippen molar-refractivity contribution in [3.8, 4) is 12.1 Å². The molecule has 5 atom stereocenters.